The van der Waals surface area contributed by atoms with Crippen LogP contribution in [0.4, 0.5) is 13.2 Å². The Hall–Kier alpha value is -2.26. The SMILES string of the molecule is Cc1nn(CCc2nc(C(C)(C)C)cs2)c2nc(-c3cccs3)cc(C(F)(F)F)c12. The van der Waals surface area contributed by atoms with Crippen molar-refractivity contribution in [3.05, 3.63) is 50.9 Å². The van der Waals surface area contributed by atoms with Gasteiger partial charge in [0, 0.05) is 23.8 Å². The zero-order valence-electron chi connectivity index (χ0n) is 17.0. The summed E-state index contributed by atoms with van der Waals surface area (Å²) in [4.78, 5) is 9.94. The van der Waals surface area contributed by atoms with Gasteiger partial charge in [0.1, 0.15) is 0 Å². The molecule has 4 nitrogen and oxygen atoms in total. The maximum atomic E-state index is 13.8. The Morgan fingerprint density at radius 2 is 1.87 bits per heavy atom. The fourth-order valence-corrected chi connectivity index (χ4v) is 4.96. The second kappa shape index (κ2) is 7.46. The summed E-state index contributed by atoms with van der Waals surface area (Å²) >= 11 is 2.93. The Bertz CT molecular complexity index is 1180. The van der Waals surface area contributed by atoms with E-state index in [-0.39, 0.29) is 16.4 Å². The van der Waals surface area contributed by atoms with Crippen LogP contribution in [0.25, 0.3) is 21.6 Å². The fraction of sp³-hybridized carbons (Fsp3) is 0.381. The van der Waals surface area contributed by atoms with Gasteiger partial charge >= 0.3 is 6.18 Å². The van der Waals surface area contributed by atoms with Gasteiger partial charge in [0.2, 0.25) is 0 Å². The molecule has 4 aromatic rings. The second-order valence-corrected chi connectivity index (χ2v) is 10.1. The number of thiazole rings is 1. The number of hydrogen-bond acceptors (Lipinski definition) is 5. The molecule has 4 rings (SSSR count). The molecule has 0 aliphatic carbocycles. The van der Waals surface area contributed by atoms with E-state index in [2.05, 4.69) is 35.8 Å². The molecular formula is C21H21F3N4S2. The molecule has 0 saturated carbocycles. The van der Waals surface area contributed by atoms with E-state index >= 15 is 0 Å². The van der Waals surface area contributed by atoms with Gasteiger partial charge in [-0.05, 0) is 24.4 Å². The van der Waals surface area contributed by atoms with Crippen molar-refractivity contribution in [3.8, 4) is 10.6 Å². The minimum absolute atomic E-state index is 0.0392. The first-order valence-corrected chi connectivity index (χ1v) is 11.2. The van der Waals surface area contributed by atoms with Crippen molar-refractivity contribution < 1.29 is 13.2 Å². The summed E-state index contributed by atoms with van der Waals surface area (Å²) in [6.07, 6.45) is -3.90. The van der Waals surface area contributed by atoms with Gasteiger partial charge in [0.25, 0.3) is 0 Å². The highest BCUT2D eigenvalue weighted by Crippen LogP contribution is 2.38. The zero-order chi connectivity index (χ0) is 21.7. The molecule has 0 bridgehead atoms. The van der Waals surface area contributed by atoms with Crippen molar-refractivity contribution in [1.82, 2.24) is 19.7 Å². The van der Waals surface area contributed by atoms with Gasteiger partial charge in [-0.1, -0.05) is 26.8 Å². The standard InChI is InChI=1S/C21H21F3N4S2/c1-12-18-13(21(22,23)24)10-14(15-6-5-9-29-15)25-19(18)28(27-12)8-7-17-26-16(11-30-17)20(2,3)4/h5-6,9-11H,7-8H2,1-4H3. The smallest absolute Gasteiger partial charge is 0.247 e. The third-order valence-electron chi connectivity index (χ3n) is 4.81. The van der Waals surface area contributed by atoms with Crippen molar-refractivity contribution in [1.29, 1.82) is 0 Å². The number of alkyl halides is 3. The average Bonchev–Trinajstić information content (AvgIpc) is 3.39. The quantitative estimate of drug-likeness (QED) is 0.357. The Kier molecular flexibility index (Phi) is 5.22. The van der Waals surface area contributed by atoms with Gasteiger partial charge in [-0.15, -0.1) is 22.7 Å². The predicted octanol–water partition coefficient (Wildman–Crippen LogP) is 6.48. The molecule has 0 atom stereocenters. The van der Waals surface area contributed by atoms with Crippen molar-refractivity contribution in [2.75, 3.05) is 0 Å². The van der Waals surface area contributed by atoms with E-state index in [9.17, 15) is 13.2 Å². The number of aromatic nitrogens is 4. The molecule has 0 aromatic carbocycles. The third-order valence-corrected chi connectivity index (χ3v) is 6.61. The van der Waals surface area contributed by atoms with Gasteiger partial charge in [-0.25, -0.2) is 14.6 Å². The average molecular weight is 451 g/mol. The Labute approximate surface area is 180 Å². The van der Waals surface area contributed by atoms with E-state index in [1.807, 2.05) is 10.8 Å². The van der Waals surface area contributed by atoms with Crippen LogP contribution in [-0.2, 0) is 24.6 Å². The first-order valence-electron chi connectivity index (χ1n) is 9.48. The summed E-state index contributed by atoms with van der Waals surface area (Å²) in [5.41, 5.74) is 1.19. The van der Waals surface area contributed by atoms with Gasteiger partial charge in [-0.3, -0.25) is 0 Å². The van der Waals surface area contributed by atoms with E-state index in [4.69, 9.17) is 0 Å². The van der Waals surface area contributed by atoms with Crippen LogP contribution in [0.2, 0.25) is 0 Å². The first kappa shape index (κ1) is 21.0. The molecule has 0 aliphatic heterocycles. The van der Waals surface area contributed by atoms with Crippen molar-refractivity contribution >= 4 is 33.7 Å². The molecule has 0 unspecified atom stereocenters. The van der Waals surface area contributed by atoms with Crippen LogP contribution in [0.5, 0.6) is 0 Å². The molecule has 0 saturated heterocycles. The number of thiophene rings is 1. The Balaban J connectivity index is 1.75. The summed E-state index contributed by atoms with van der Waals surface area (Å²) in [6, 6.07) is 4.71. The van der Waals surface area contributed by atoms with Gasteiger partial charge in [0.05, 0.1) is 37.9 Å². The lowest BCUT2D eigenvalue weighted by molar-refractivity contribution is -0.136. The zero-order valence-corrected chi connectivity index (χ0v) is 18.7. The Morgan fingerprint density at radius 1 is 1.10 bits per heavy atom. The van der Waals surface area contributed by atoms with Gasteiger partial charge in [0.15, 0.2) is 5.65 Å². The van der Waals surface area contributed by atoms with E-state index < -0.39 is 11.7 Å². The first-order chi connectivity index (χ1) is 14.0. The highest BCUT2D eigenvalue weighted by atomic mass is 32.1. The van der Waals surface area contributed by atoms with E-state index in [1.165, 1.54) is 11.3 Å². The number of aryl methyl sites for hydroxylation is 3. The predicted molar refractivity (Wildman–Crippen MR) is 115 cm³/mol. The maximum Gasteiger partial charge on any atom is 0.417 e. The minimum atomic E-state index is -4.48. The summed E-state index contributed by atoms with van der Waals surface area (Å²) in [7, 11) is 0. The van der Waals surface area contributed by atoms with E-state index in [0.717, 1.165) is 16.8 Å². The molecule has 9 heteroatoms. The minimum Gasteiger partial charge on any atom is -0.247 e. The van der Waals surface area contributed by atoms with E-state index in [0.29, 0.717) is 29.2 Å². The number of hydrogen-bond donors (Lipinski definition) is 0. The number of halogens is 3. The largest absolute Gasteiger partial charge is 0.417 e. The monoisotopic (exact) mass is 450 g/mol. The van der Waals surface area contributed by atoms with Crippen LogP contribution >= 0.6 is 22.7 Å². The van der Waals surface area contributed by atoms with Crippen LogP contribution in [0.15, 0.2) is 29.0 Å². The number of fused-ring (bicyclic) bond motifs is 1. The van der Waals surface area contributed by atoms with Crippen LogP contribution in [0, 0.1) is 6.92 Å². The molecule has 0 aliphatic rings. The van der Waals surface area contributed by atoms with Crippen molar-refractivity contribution in [2.24, 2.45) is 0 Å². The molecular weight excluding hydrogens is 429 g/mol. The lowest BCUT2D eigenvalue weighted by Gasteiger charge is -2.14. The van der Waals surface area contributed by atoms with Crippen LogP contribution in [-0.4, -0.2) is 19.7 Å². The fourth-order valence-electron chi connectivity index (χ4n) is 3.26. The normalized spacial score (nSPS) is 12.8. The van der Waals surface area contributed by atoms with Crippen LogP contribution in [0.3, 0.4) is 0 Å². The maximum absolute atomic E-state index is 13.8. The molecule has 4 aromatic heterocycles. The third kappa shape index (κ3) is 4.00. The lowest BCUT2D eigenvalue weighted by Crippen LogP contribution is -2.12. The molecule has 0 amide bonds. The van der Waals surface area contributed by atoms with Crippen LogP contribution in [0.1, 0.15) is 42.7 Å². The summed E-state index contributed by atoms with van der Waals surface area (Å²) in [5.74, 6) is 0. The molecule has 158 valence electrons. The highest BCUT2D eigenvalue weighted by Gasteiger charge is 2.35. The topological polar surface area (TPSA) is 43.6 Å². The molecule has 0 N–H and O–H groups in total. The van der Waals surface area contributed by atoms with Crippen molar-refractivity contribution in [3.63, 3.8) is 0 Å². The summed E-state index contributed by atoms with van der Waals surface area (Å²) in [6.45, 7) is 8.32. The van der Waals surface area contributed by atoms with Gasteiger partial charge in [-0.2, -0.15) is 18.3 Å². The molecule has 30 heavy (non-hydrogen) atoms. The summed E-state index contributed by atoms with van der Waals surface area (Å²) in [5, 5.41) is 9.26. The highest BCUT2D eigenvalue weighted by molar-refractivity contribution is 7.13. The molecule has 0 spiro atoms. The van der Waals surface area contributed by atoms with E-state index in [1.54, 1.807) is 35.1 Å². The molecule has 0 radical (unpaired) electrons. The second-order valence-electron chi connectivity index (χ2n) is 8.16. The Morgan fingerprint density at radius 3 is 2.47 bits per heavy atom. The lowest BCUT2D eigenvalue weighted by atomic mass is 9.93. The molecule has 4 heterocycles. The van der Waals surface area contributed by atoms with Crippen LogP contribution < -0.4 is 0 Å². The number of nitrogens with zero attached hydrogens (tertiary/aromatic N) is 4. The number of pyridine rings is 1. The molecule has 0 fully saturated rings. The van der Waals surface area contributed by atoms with Gasteiger partial charge < -0.3 is 0 Å². The summed E-state index contributed by atoms with van der Waals surface area (Å²) < 4.78 is 43.1. The number of rotatable bonds is 4. The van der Waals surface area contributed by atoms with Crippen molar-refractivity contribution in [2.45, 2.75) is 52.3 Å².